The number of ether oxygens (including phenoxy) is 3. The minimum Gasteiger partial charge on any atom is -0.497 e. The zero-order chi connectivity index (χ0) is 29.9. The Hall–Kier alpha value is -5.35. The lowest BCUT2D eigenvalue weighted by Gasteiger charge is -2.14. The second-order valence-electron chi connectivity index (χ2n) is 9.60. The van der Waals surface area contributed by atoms with Crippen LogP contribution in [-0.2, 0) is 9.53 Å². The molecule has 1 atom stereocenters. The van der Waals surface area contributed by atoms with E-state index in [0.717, 1.165) is 32.8 Å². The van der Waals surface area contributed by atoms with Crippen LogP contribution < -0.4 is 14.8 Å². The molecule has 0 radical (unpaired) electrons. The number of anilines is 1. The van der Waals surface area contributed by atoms with Crippen LogP contribution >= 0.6 is 11.3 Å². The maximum atomic E-state index is 13.1. The molecule has 2 aromatic heterocycles. The Morgan fingerprint density at radius 2 is 1.33 bits per heavy atom. The van der Waals surface area contributed by atoms with Gasteiger partial charge in [-0.15, -0.1) is 0 Å². The van der Waals surface area contributed by atoms with E-state index in [0.29, 0.717) is 27.6 Å². The third-order valence-corrected chi connectivity index (χ3v) is 7.76. The van der Waals surface area contributed by atoms with Crippen molar-refractivity contribution in [2.45, 2.75) is 13.0 Å². The number of methoxy groups -OCH3 is 2. The first-order valence-electron chi connectivity index (χ1n) is 13.4. The van der Waals surface area contributed by atoms with Crippen molar-refractivity contribution in [1.29, 1.82) is 0 Å². The van der Waals surface area contributed by atoms with Crippen LogP contribution in [0.15, 0.2) is 91.0 Å². The van der Waals surface area contributed by atoms with Crippen LogP contribution in [0.3, 0.4) is 0 Å². The second-order valence-corrected chi connectivity index (χ2v) is 10.6. The number of nitrogens with zero attached hydrogens (tertiary/aromatic N) is 3. The van der Waals surface area contributed by atoms with Gasteiger partial charge >= 0.3 is 5.97 Å². The van der Waals surface area contributed by atoms with Gasteiger partial charge in [-0.3, -0.25) is 10.1 Å². The van der Waals surface area contributed by atoms with E-state index in [1.807, 2.05) is 72.8 Å². The molecular formula is C33H26N4O5S. The van der Waals surface area contributed by atoms with Gasteiger partial charge in [0.1, 0.15) is 11.5 Å². The first-order chi connectivity index (χ1) is 20.9. The molecule has 214 valence electrons. The van der Waals surface area contributed by atoms with Gasteiger partial charge in [0.25, 0.3) is 5.91 Å². The van der Waals surface area contributed by atoms with Gasteiger partial charge in [0, 0.05) is 11.1 Å². The van der Waals surface area contributed by atoms with Gasteiger partial charge in [0.15, 0.2) is 11.2 Å². The normalized spacial score (nSPS) is 11.7. The van der Waals surface area contributed by atoms with E-state index in [1.165, 1.54) is 18.3 Å². The van der Waals surface area contributed by atoms with Gasteiger partial charge in [-0.25, -0.2) is 19.7 Å². The second kappa shape index (κ2) is 11.9. The summed E-state index contributed by atoms with van der Waals surface area (Å²) in [5, 5.41) is 3.17. The zero-order valence-electron chi connectivity index (χ0n) is 23.5. The first-order valence-corrected chi connectivity index (χ1v) is 14.2. The van der Waals surface area contributed by atoms with Crippen molar-refractivity contribution < 1.29 is 23.8 Å². The number of carbonyl (C=O) groups is 2. The van der Waals surface area contributed by atoms with E-state index in [9.17, 15) is 9.59 Å². The van der Waals surface area contributed by atoms with E-state index in [-0.39, 0.29) is 5.56 Å². The number of para-hydroxylation sites is 1. The van der Waals surface area contributed by atoms with Crippen LogP contribution in [0.5, 0.6) is 11.5 Å². The van der Waals surface area contributed by atoms with Gasteiger partial charge < -0.3 is 14.2 Å². The number of thiazole rings is 1. The van der Waals surface area contributed by atoms with Gasteiger partial charge in [0.2, 0.25) is 0 Å². The molecule has 2 heterocycles. The highest BCUT2D eigenvalue weighted by Gasteiger charge is 2.21. The zero-order valence-corrected chi connectivity index (χ0v) is 24.3. The third-order valence-electron chi connectivity index (χ3n) is 6.80. The summed E-state index contributed by atoms with van der Waals surface area (Å²) >= 11 is 1.35. The van der Waals surface area contributed by atoms with Crippen molar-refractivity contribution in [3.63, 3.8) is 0 Å². The number of benzene rings is 4. The molecule has 0 saturated carbocycles. The van der Waals surface area contributed by atoms with Crippen LogP contribution in [0.4, 0.5) is 5.13 Å². The summed E-state index contributed by atoms with van der Waals surface area (Å²) in [6.45, 7) is 1.52. The number of rotatable bonds is 8. The molecule has 0 spiro atoms. The molecule has 43 heavy (non-hydrogen) atoms. The fraction of sp³-hybridized carbons (Fsp3) is 0.121. The van der Waals surface area contributed by atoms with E-state index >= 15 is 0 Å². The molecule has 1 N–H and O–H groups in total. The summed E-state index contributed by atoms with van der Waals surface area (Å²) < 4.78 is 17.1. The SMILES string of the molecule is COc1ccc(-c2nc3ccc(C(=O)OC(C)C(=O)Nc4nc5ccccc5s4)cc3nc2-c2ccc(OC)cc2)cc1. The molecule has 6 aromatic rings. The van der Waals surface area contributed by atoms with Crippen LogP contribution in [0.25, 0.3) is 43.8 Å². The predicted octanol–water partition coefficient (Wildman–Crippen LogP) is 6.77. The monoisotopic (exact) mass is 590 g/mol. The van der Waals surface area contributed by atoms with Crippen molar-refractivity contribution in [2.75, 3.05) is 19.5 Å². The van der Waals surface area contributed by atoms with Gasteiger partial charge in [-0.2, -0.15) is 0 Å². The number of hydrogen-bond donors (Lipinski definition) is 1. The van der Waals surface area contributed by atoms with Gasteiger partial charge in [0.05, 0.1) is 52.4 Å². The molecule has 0 bridgehead atoms. The summed E-state index contributed by atoms with van der Waals surface area (Å²) in [5.41, 5.74) is 5.13. The summed E-state index contributed by atoms with van der Waals surface area (Å²) in [4.78, 5) is 40.1. The average molecular weight is 591 g/mol. The average Bonchev–Trinajstić information content (AvgIpc) is 3.46. The highest BCUT2D eigenvalue weighted by atomic mass is 32.1. The van der Waals surface area contributed by atoms with E-state index < -0.39 is 18.0 Å². The van der Waals surface area contributed by atoms with Gasteiger partial charge in [-0.1, -0.05) is 23.5 Å². The number of fused-ring (bicyclic) bond motifs is 2. The Kier molecular flexibility index (Phi) is 7.67. The Morgan fingerprint density at radius 1 is 0.721 bits per heavy atom. The molecule has 0 fully saturated rings. The van der Waals surface area contributed by atoms with Crippen molar-refractivity contribution in [3.8, 4) is 34.0 Å². The highest BCUT2D eigenvalue weighted by Crippen LogP contribution is 2.33. The molecule has 9 nitrogen and oxygen atoms in total. The minimum absolute atomic E-state index is 0.249. The molecular weight excluding hydrogens is 564 g/mol. The molecule has 0 aliphatic rings. The molecule has 0 aliphatic carbocycles. The molecule has 1 amide bonds. The van der Waals surface area contributed by atoms with Crippen LogP contribution in [-0.4, -0.2) is 47.2 Å². The van der Waals surface area contributed by atoms with Crippen LogP contribution in [0, 0.1) is 0 Å². The lowest BCUT2D eigenvalue weighted by atomic mass is 10.0. The summed E-state index contributed by atoms with van der Waals surface area (Å²) in [5.74, 6) is 0.323. The topological polar surface area (TPSA) is 113 Å². The molecule has 10 heteroatoms. The fourth-order valence-electron chi connectivity index (χ4n) is 4.50. The number of aromatic nitrogens is 3. The Balaban J connectivity index is 1.28. The maximum Gasteiger partial charge on any atom is 0.338 e. The highest BCUT2D eigenvalue weighted by molar-refractivity contribution is 7.22. The number of carbonyl (C=O) groups excluding carboxylic acids is 2. The smallest absolute Gasteiger partial charge is 0.338 e. The van der Waals surface area contributed by atoms with Crippen LogP contribution in [0.2, 0.25) is 0 Å². The van der Waals surface area contributed by atoms with Crippen molar-refractivity contribution in [1.82, 2.24) is 15.0 Å². The van der Waals surface area contributed by atoms with Gasteiger partial charge in [-0.05, 0) is 85.8 Å². The Labute approximate surface area is 251 Å². The quantitative estimate of drug-likeness (QED) is 0.193. The number of amides is 1. The maximum absolute atomic E-state index is 13.1. The summed E-state index contributed by atoms with van der Waals surface area (Å²) in [7, 11) is 3.23. The van der Waals surface area contributed by atoms with Crippen molar-refractivity contribution in [2.24, 2.45) is 0 Å². The molecule has 0 aliphatic heterocycles. The lowest BCUT2D eigenvalue weighted by molar-refractivity contribution is -0.123. The van der Waals surface area contributed by atoms with Crippen LogP contribution in [0.1, 0.15) is 17.3 Å². The van der Waals surface area contributed by atoms with E-state index in [1.54, 1.807) is 32.4 Å². The number of nitrogens with one attached hydrogen (secondary N) is 1. The molecule has 0 saturated heterocycles. The molecule has 4 aromatic carbocycles. The third kappa shape index (κ3) is 5.86. The van der Waals surface area contributed by atoms with E-state index in [4.69, 9.17) is 24.2 Å². The molecule has 1 unspecified atom stereocenters. The largest absolute Gasteiger partial charge is 0.497 e. The fourth-order valence-corrected chi connectivity index (χ4v) is 5.37. The lowest BCUT2D eigenvalue weighted by Crippen LogP contribution is -2.29. The summed E-state index contributed by atoms with van der Waals surface area (Å²) in [6, 6.07) is 27.6. The Morgan fingerprint density at radius 3 is 1.93 bits per heavy atom. The first kappa shape index (κ1) is 27.8. The predicted molar refractivity (Wildman–Crippen MR) is 167 cm³/mol. The molecule has 6 rings (SSSR count). The Bertz CT molecular complexity index is 1920. The summed E-state index contributed by atoms with van der Waals surface area (Å²) in [6.07, 6.45) is -1.05. The minimum atomic E-state index is -1.05. The van der Waals surface area contributed by atoms with Crippen molar-refractivity contribution >= 4 is 49.6 Å². The number of esters is 1. The van der Waals surface area contributed by atoms with Crippen molar-refractivity contribution in [3.05, 3.63) is 96.6 Å². The standard InChI is InChI=1S/C33H26N4O5S/c1-19(31(38)37-33-36-26-6-4-5-7-28(26)43-33)42-32(39)22-12-17-25-27(18-22)35-30(21-10-15-24(41-3)16-11-21)29(34-25)20-8-13-23(40-2)14-9-20/h4-19H,1-3H3,(H,36,37,38). The van der Waals surface area contributed by atoms with E-state index in [2.05, 4.69) is 10.3 Å². The number of hydrogen-bond acceptors (Lipinski definition) is 9.